The van der Waals surface area contributed by atoms with Crippen molar-refractivity contribution < 1.29 is 18.3 Å². The van der Waals surface area contributed by atoms with E-state index < -0.39 is 5.82 Å². The first-order valence-corrected chi connectivity index (χ1v) is 9.99. The predicted octanol–water partition coefficient (Wildman–Crippen LogP) is 5.10. The maximum Gasteiger partial charge on any atom is 0.266 e. The van der Waals surface area contributed by atoms with Gasteiger partial charge in [-0.2, -0.15) is 5.10 Å². The van der Waals surface area contributed by atoms with Gasteiger partial charge in [0.25, 0.3) is 5.91 Å². The van der Waals surface area contributed by atoms with Crippen molar-refractivity contribution >= 4 is 23.1 Å². The van der Waals surface area contributed by atoms with E-state index in [1.165, 1.54) is 23.5 Å². The molecule has 0 fully saturated rings. The van der Waals surface area contributed by atoms with Crippen molar-refractivity contribution in [1.82, 2.24) is 9.78 Å². The normalized spacial score (nSPS) is 10.7. The highest BCUT2D eigenvalue weighted by atomic mass is 32.1. The van der Waals surface area contributed by atoms with E-state index in [0.29, 0.717) is 16.3 Å². The summed E-state index contributed by atoms with van der Waals surface area (Å²) in [5.41, 5.74) is 1.27. The average Bonchev–Trinajstić information content (AvgIpc) is 3.39. The summed E-state index contributed by atoms with van der Waals surface area (Å²) >= 11 is 1.26. The molecule has 0 atom stereocenters. The molecule has 0 saturated heterocycles. The summed E-state index contributed by atoms with van der Waals surface area (Å²) in [5.74, 6) is -0.517. The maximum atomic E-state index is 13.8. The number of amides is 1. The molecule has 4 rings (SSSR count). The van der Waals surface area contributed by atoms with Crippen LogP contribution in [0.5, 0.6) is 5.75 Å². The molecule has 4 aromatic rings. The Bertz CT molecular complexity index is 1170. The molecule has 0 aliphatic heterocycles. The summed E-state index contributed by atoms with van der Waals surface area (Å²) < 4.78 is 34.4. The maximum absolute atomic E-state index is 13.8. The largest absolute Gasteiger partial charge is 0.486 e. The molecule has 0 aliphatic rings. The SMILES string of the molecule is O=C(Nc1ccn(Cc2ccccc2F)n1)c1cc(COc2ccccc2F)cs1. The first kappa shape index (κ1) is 19.8. The lowest BCUT2D eigenvalue weighted by atomic mass is 10.2. The van der Waals surface area contributed by atoms with Gasteiger partial charge in [0.2, 0.25) is 0 Å². The lowest BCUT2D eigenvalue weighted by Gasteiger charge is -2.05. The molecule has 0 radical (unpaired) electrons. The van der Waals surface area contributed by atoms with Crippen LogP contribution in [0, 0.1) is 11.6 Å². The number of hydrogen-bond acceptors (Lipinski definition) is 4. The Balaban J connectivity index is 1.35. The Kier molecular flexibility index (Phi) is 5.85. The zero-order chi connectivity index (χ0) is 20.9. The summed E-state index contributed by atoms with van der Waals surface area (Å²) in [4.78, 5) is 12.9. The summed E-state index contributed by atoms with van der Waals surface area (Å²) in [7, 11) is 0. The molecule has 0 saturated carbocycles. The number of thiophene rings is 1. The van der Waals surface area contributed by atoms with Crippen LogP contribution in [0.15, 0.2) is 72.2 Å². The van der Waals surface area contributed by atoms with Gasteiger partial charge >= 0.3 is 0 Å². The standard InChI is InChI=1S/C22H17F2N3O2S/c23-17-6-2-1-5-16(17)12-27-10-9-21(26-27)25-22(28)20-11-15(14-30-20)13-29-19-8-4-3-7-18(19)24/h1-11,14H,12-13H2,(H,25,26,28). The van der Waals surface area contributed by atoms with Gasteiger partial charge in [-0.1, -0.05) is 30.3 Å². The monoisotopic (exact) mass is 425 g/mol. The minimum Gasteiger partial charge on any atom is -0.486 e. The number of nitrogens with one attached hydrogen (secondary N) is 1. The van der Waals surface area contributed by atoms with Gasteiger partial charge in [-0.3, -0.25) is 9.48 Å². The molecule has 1 amide bonds. The molecule has 0 aliphatic carbocycles. The van der Waals surface area contributed by atoms with Crippen molar-refractivity contribution in [3.05, 3.63) is 99.9 Å². The molecule has 2 heterocycles. The Morgan fingerprint density at radius 2 is 1.83 bits per heavy atom. The number of anilines is 1. The lowest BCUT2D eigenvalue weighted by molar-refractivity contribution is 0.103. The van der Waals surface area contributed by atoms with Crippen LogP contribution >= 0.6 is 11.3 Å². The number of para-hydroxylation sites is 1. The first-order chi connectivity index (χ1) is 14.6. The number of carbonyl (C=O) groups is 1. The number of rotatable bonds is 7. The highest BCUT2D eigenvalue weighted by molar-refractivity contribution is 7.12. The fraction of sp³-hybridized carbons (Fsp3) is 0.0909. The summed E-state index contributed by atoms with van der Waals surface area (Å²) in [6.45, 7) is 0.418. The quantitative estimate of drug-likeness (QED) is 0.448. The molecule has 0 bridgehead atoms. The van der Waals surface area contributed by atoms with Gasteiger partial charge in [-0.05, 0) is 29.6 Å². The second-order valence-electron chi connectivity index (χ2n) is 6.48. The summed E-state index contributed by atoms with van der Waals surface area (Å²) in [6.07, 6.45) is 1.67. The third-order valence-corrected chi connectivity index (χ3v) is 5.26. The van der Waals surface area contributed by atoms with E-state index in [9.17, 15) is 13.6 Å². The van der Waals surface area contributed by atoms with Crippen LogP contribution in [0.1, 0.15) is 20.8 Å². The van der Waals surface area contributed by atoms with E-state index >= 15 is 0 Å². The van der Waals surface area contributed by atoms with Crippen LogP contribution < -0.4 is 10.1 Å². The molecule has 1 N–H and O–H groups in total. The number of hydrogen-bond donors (Lipinski definition) is 1. The Labute approximate surface area is 175 Å². The van der Waals surface area contributed by atoms with Crippen LogP contribution in [0.25, 0.3) is 0 Å². The molecular weight excluding hydrogens is 408 g/mol. The van der Waals surface area contributed by atoms with Crippen LogP contribution in [0.4, 0.5) is 14.6 Å². The molecule has 0 spiro atoms. The van der Waals surface area contributed by atoms with Crippen LogP contribution in [0.2, 0.25) is 0 Å². The zero-order valence-electron chi connectivity index (χ0n) is 15.7. The van der Waals surface area contributed by atoms with Gasteiger partial charge in [-0.25, -0.2) is 8.78 Å². The van der Waals surface area contributed by atoms with Crippen molar-refractivity contribution in [2.75, 3.05) is 5.32 Å². The van der Waals surface area contributed by atoms with Crippen molar-refractivity contribution in [1.29, 1.82) is 0 Å². The molecule has 0 unspecified atom stereocenters. The van der Waals surface area contributed by atoms with Gasteiger partial charge < -0.3 is 10.1 Å². The summed E-state index contributed by atoms with van der Waals surface area (Å²) in [5, 5.41) is 8.77. The zero-order valence-corrected chi connectivity index (χ0v) is 16.5. The molecule has 30 heavy (non-hydrogen) atoms. The number of nitrogens with zero attached hydrogens (tertiary/aromatic N) is 2. The number of halogens is 2. The molecule has 2 aromatic carbocycles. The van der Waals surface area contributed by atoms with Crippen molar-refractivity contribution in [3.8, 4) is 5.75 Å². The highest BCUT2D eigenvalue weighted by Gasteiger charge is 2.12. The van der Waals surface area contributed by atoms with Gasteiger partial charge in [0, 0.05) is 23.4 Å². The lowest BCUT2D eigenvalue weighted by Crippen LogP contribution is -2.11. The van der Waals surface area contributed by atoms with E-state index in [0.717, 1.165) is 5.56 Å². The minimum atomic E-state index is -0.434. The third kappa shape index (κ3) is 4.72. The predicted molar refractivity (Wildman–Crippen MR) is 111 cm³/mol. The van der Waals surface area contributed by atoms with E-state index in [2.05, 4.69) is 10.4 Å². The molecule has 2 aromatic heterocycles. The van der Waals surface area contributed by atoms with Crippen molar-refractivity contribution in [2.45, 2.75) is 13.2 Å². The molecule has 8 heteroatoms. The number of carbonyl (C=O) groups excluding carboxylic acids is 1. The Morgan fingerprint density at radius 1 is 1.07 bits per heavy atom. The van der Waals surface area contributed by atoms with Gasteiger partial charge in [-0.15, -0.1) is 11.3 Å². The fourth-order valence-electron chi connectivity index (χ4n) is 2.79. The smallest absolute Gasteiger partial charge is 0.266 e. The van der Waals surface area contributed by atoms with E-state index in [4.69, 9.17) is 4.74 Å². The second-order valence-corrected chi connectivity index (χ2v) is 7.39. The number of aromatic nitrogens is 2. The average molecular weight is 425 g/mol. The first-order valence-electron chi connectivity index (χ1n) is 9.11. The Hall–Kier alpha value is -3.52. The van der Waals surface area contributed by atoms with Crippen molar-refractivity contribution in [3.63, 3.8) is 0 Å². The van der Waals surface area contributed by atoms with Gasteiger partial charge in [0.05, 0.1) is 11.4 Å². The fourth-order valence-corrected chi connectivity index (χ4v) is 3.58. The number of benzene rings is 2. The van der Waals surface area contributed by atoms with Crippen LogP contribution in [-0.2, 0) is 13.2 Å². The third-order valence-electron chi connectivity index (χ3n) is 4.28. The van der Waals surface area contributed by atoms with Gasteiger partial charge in [0.1, 0.15) is 12.4 Å². The summed E-state index contributed by atoms with van der Waals surface area (Å²) in [6, 6.07) is 16.0. The van der Waals surface area contributed by atoms with Crippen LogP contribution in [-0.4, -0.2) is 15.7 Å². The molecular formula is C22H17F2N3O2S. The molecule has 5 nitrogen and oxygen atoms in total. The van der Waals surface area contributed by atoms with Crippen molar-refractivity contribution in [2.24, 2.45) is 0 Å². The van der Waals surface area contributed by atoms with Gasteiger partial charge in [0.15, 0.2) is 17.4 Å². The minimum absolute atomic E-state index is 0.155. The number of ether oxygens (including phenoxy) is 1. The highest BCUT2D eigenvalue weighted by Crippen LogP contribution is 2.21. The van der Waals surface area contributed by atoms with E-state index in [-0.39, 0.29) is 30.6 Å². The Morgan fingerprint density at radius 3 is 2.63 bits per heavy atom. The topological polar surface area (TPSA) is 56.2 Å². The second kappa shape index (κ2) is 8.87. The molecule has 152 valence electrons. The van der Waals surface area contributed by atoms with E-state index in [1.807, 2.05) is 0 Å². The van der Waals surface area contributed by atoms with E-state index in [1.54, 1.807) is 64.8 Å². The van der Waals surface area contributed by atoms with Crippen LogP contribution in [0.3, 0.4) is 0 Å².